The van der Waals surface area contributed by atoms with Crippen LogP contribution >= 0.6 is 22.7 Å². The van der Waals surface area contributed by atoms with Crippen LogP contribution in [0, 0.1) is 0 Å². The number of hydrogen-bond donors (Lipinski definition) is 1. The minimum absolute atomic E-state index is 0.104. The van der Waals surface area contributed by atoms with Gasteiger partial charge in [0.05, 0.1) is 25.5 Å². The van der Waals surface area contributed by atoms with Gasteiger partial charge >= 0.3 is 0 Å². The second kappa shape index (κ2) is 8.30. The zero-order valence-electron chi connectivity index (χ0n) is 15.7. The maximum absolute atomic E-state index is 12.2. The average molecular weight is 416 g/mol. The summed E-state index contributed by atoms with van der Waals surface area (Å²) in [4.78, 5) is 20.4. The zero-order valence-corrected chi connectivity index (χ0v) is 17.4. The molecule has 1 aromatic carbocycles. The lowest BCUT2D eigenvalue weighted by Gasteiger charge is -2.26. The van der Waals surface area contributed by atoms with Crippen molar-refractivity contribution in [2.75, 3.05) is 26.1 Å². The maximum Gasteiger partial charge on any atom is 0.258 e. The van der Waals surface area contributed by atoms with Gasteiger partial charge in [-0.05, 0) is 29.1 Å². The molecule has 4 rings (SSSR count). The highest BCUT2D eigenvalue weighted by Crippen LogP contribution is 2.30. The summed E-state index contributed by atoms with van der Waals surface area (Å²) >= 11 is 3.07. The fourth-order valence-corrected chi connectivity index (χ4v) is 4.90. The number of rotatable bonds is 6. The number of nitrogens with one attached hydrogen (secondary N) is 1. The van der Waals surface area contributed by atoms with Crippen molar-refractivity contribution in [1.29, 1.82) is 0 Å². The van der Waals surface area contributed by atoms with Crippen LogP contribution in [0.2, 0.25) is 0 Å². The van der Waals surface area contributed by atoms with Crippen LogP contribution < -0.4 is 14.8 Å². The summed E-state index contributed by atoms with van der Waals surface area (Å²) in [5.41, 5.74) is 2.91. The van der Waals surface area contributed by atoms with Crippen LogP contribution in [-0.4, -0.2) is 36.6 Å². The number of thiazole rings is 1. The normalized spacial score (nSPS) is 13.8. The number of nitrogens with zero attached hydrogens (tertiary/aromatic N) is 2. The number of carbonyl (C=O) groups is 1. The first kappa shape index (κ1) is 18.9. The molecule has 3 heterocycles. The van der Waals surface area contributed by atoms with E-state index < -0.39 is 0 Å². The van der Waals surface area contributed by atoms with Gasteiger partial charge in [0.25, 0.3) is 5.91 Å². The summed E-state index contributed by atoms with van der Waals surface area (Å²) in [6.45, 7) is 2.55. The van der Waals surface area contributed by atoms with Crippen LogP contribution in [0.5, 0.6) is 11.5 Å². The van der Waals surface area contributed by atoms with Crippen LogP contribution in [-0.2, 0) is 19.5 Å². The molecule has 28 heavy (non-hydrogen) atoms. The summed E-state index contributed by atoms with van der Waals surface area (Å²) in [5, 5.41) is 7.33. The monoisotopic (exact) mass is 415 g/mol. The minimum Gasteiger partial charge on any atom is -0.497 e. The zero-order chi connectivity index (χ0) is 19.5. The van der Waals surface area contributed by atoms with E-state index in [0.29, 0.717) is 10.7 Å². The largest absolute Gasteiger partial charge is 0.497 e. The maximum atomic E-state index is 12.2. The molecule has 1 N–H and O–H groups in total. The minimum atomic E-state index is -0.104. The molecule has 0 saturated heterocycles. The Bertz CT molecular complexity index is 947. The van der Waals surface area contributed by atoms with Crippen molar-refractivity contribution in [3.63, 3.8) is 0 Å². The van der Waals surface area contributed by atoms with Crippen LogP contribution in [0.4, 0.5) is 5.13 Å². The molecule has 1 aliphatic heterocycles. The van der Waals surface area contributed by atoms with E-state index in [2.05, 4.69) is 15.2 Å². The SMILES string of the molecule is COc1cc(CN2CCc3nc(NC(=O)c4ccsc4)sc3C2)cc(OC)c1. The molecule has 0 spiro atoms. The lowest BCUT2D eigenvalue weighted by Crippen LogP contribution is -2.29. The van der Waals surface area contributed by atoms with Crippen LogP contribution in [0.1, 0.15) is 26.5 Å². The van der Waals surface area contributed by atoms with Gasteiger partial charge in [-0.15, -0.1) is 11.3 Å². The molecule has 2 aromatic heterocycles. The second-order valence-corrected chi connectivity index (χ2v) is 8.40. The van der Waals surface area contributed by atoms with E-state index in [1.165, 1.54) is 16.2 Å². The van der Waals surface area contributed by atoms with Crippen molar-refractivity contribution in [3.8, 4) is 11.5 Å². The van der Waals surface area contributed by atoms with Gasteiger partial charge in [0, 0.05) is 42.4 Å². The third-order valence-electron chi connectivity index (χ3n) is 4.63. The van der Waals surface area contributed by atoms with Crippen molar-refractivity contribution in [2.45, 2.75) is 19.5 Å². The number of methoxy groups -OCH3 is 2. The lowest BCUT2D eigenvalue weighted by molar-refractivity contribution is 0.102. The Morgan fingerprint density at radius 1 is 1.25 bits per heavy atom. The van der Waals surface area contributed by atoms with E-state index in [1.54, 1.807) is 25.6 Å². The van der Waals surface area contributed by atoms with Crippen LogP contribution in [0.15, 0.2) is 35.0 Å². The number of carbonyl (C=O) groups excluding carboxylic acids is 1. The van der Waals surface area contributed by atoms with Gasteiger partial charge in [-0.3, -0.25) is 15.0 Å². The smallest absolute Gasteiger partial charge is 0.258 e. The Balaban J connectivity index is 1.44. The van der Waals surface area contributed by atoms with Crippen LogP contribution in [0.25, 0.3) is 0 Å². The fraction of sp³-hybridized carbons (Fsp3) is 0.300. The fourth-order valence-electron chi connectivity index (χ4n) is 3.22. The van der Waals surface area contributed by atoms with Crippen LogP contribution in [0.3, 0.4) is 0 Å². The topological polar surface area (TPSA) is 63.7 Å². The summed E-state index contributed by atoms with van der Waals surface area (Å²) in [6.07, 6.45) is 0.876. The van der Waals surface area contributed by atoms with Gasteiger partial charge in [0.2, 0.25) is 0 Å². The molecule has 0 radical (unpaired) electrons. The van der Waals surface area contributed by atoms with Crippen molar-refractivity contribution < 1.29 is 14.3 Å². The van der Waals surface area contributed by atoms with Gasteiger partial charge < -0.3 is 9.47 Å². The van der Waals surface area contributed by atoms with Gasteiger partial charge in [-0.25, -0.2) is 4.98 Å². The Hall–Kier alpha value is -2.42. The van der Waals surface area contributed by atoms with E-state index in [9.17, 15) is 4.79 Å². The molecule has 0 aliphatic carbocycles. The number of amides is 1. The molecular weight excluding hydrogens is 394 g/mol. The standard InChI is InChI=1S/C20H21N3O3S2/c1-25-15-7-13(8-16(9-15)26-2)10-23-5-3-17-18(11-23)28-20(21-17)22-19(24)14-4-6-27-12-14/h4,6-9,12H,3,5,10-11H2,1-2H3,(H,21,22,24). The molecule has 0 bridgehead atoms. The molecule has 8 heteroatoms. The second-order valence-electron chi connectivity index (χ2n) is 6.54. The van der Waals surface area contributed by atoms with Gasteiger partial charge in [0.15, 0.2) is 5.13 Å². The number of aromatic nitrogens is 1. The van der Waals surface area contributed by atoms with Crippen molar-refractivity contribution in [3.05, 3.63) is 56.7 Å². The predicted molar refractivity (Wildman–Crippen MR) is 112 cm³/mol. The molecule has 0 saturated carbocycles. The van der Waals surface area contributed by atoms with Gasteiger partial charge in [0.1, 0.15) is 11.5 Å². The Kier molecular flexibility index (Phi) is 5.61. The first-order valence-corrected chi connectivity index (χ1v) is 10.7. The third-order valence-corrected chi connectivity index (χ3v) is 6.31. The van der Waals surface area contributed by atoms with E-state index in [-0.39, 0.29) is 5.91 Å². The van der Waals surface area contributed by atoms with E-state index in [0.717, 1.165) is 48.8 Å². The van der Waals surface area contributed by atoms with Gasteiger partial charge in [-0.2, -0.15) is 11.3 Å². The number of thiophene rings is 1. The molecule has 0 unspecified atom stereocenters. The molecule has 6 nitrogen and oxygen atoms in total. The number of ether oxygens (including phenoxy) is 2. The predicted octanol–water partition coefficient (Wildman–Crippen LogP) is 4.03. The molecule has 1 amide bonds. The lowest BCUT2D eigenvalue weighted by atomic mass is 10.1. The molecule has 0 fully saturated rings. The van der Waals surface area contributed by atoms with E-state index in [1.807, 2.05) is 35.0 Å². The Morgan fingerprint density at radius 3 is 2.71 bits per heavy atom. The highest BCUT2D eigenvalue weighted by molar-refractivity contribution is 7.16. The average Bonchev–Trinajstić information content (AvgIpc) is 3.36. The van der Waals surface area contributed by atoms with E-state index in [4.69, 9.17) is 9.47 Å². The number of anilines is 1. The molecule has 1 aliphatic rings. The van der Waals surface area contributed by atoms with Crippen molar-refractivity contribution in [2.24, 2.45) is 0 Å². The molecule has 0 atom stereocenters. The summed E-state index contributed by atoms with van der Waals surface area (Å²) in [6, 6.07) is 7.77. The van der Waals surface area contributed by atoms with Gasteiger partial charge in [-0.1, -0.05) is 0 Å². The summed E-state index contributed by atoms with van der Waals surface area (Å²) in [5.74, 6) is 1.49. The number of benzene rings is 1. The Morgan fingerprint density at radius 2 is 2.04 bits per heavy atom. The highest BCUT2D eigenvalue weighted by Gasteiger charge is 2.22. The van der Waals surface area contributed by atoms with Crippen molar-refractivity contribution in [1.82, 2.24) is 9.88 Å². The third kappa shape index (κ3) is 4.19. The highest BCUT2D eigenvalue weighted by atomic mass is 32.1. The molecular formula is C20H21N3O3S2. The number of hydrogen-bond acceptors (Lipinski definition) is 7. The number of fused-ring (bicyclic) bond motifs is 1. The summed E-state index contributed by atoms with van der Waals surface area (Å²) in [7, 11) is 3.32. The Labute approximate surface area is 171 Å². The quantitative estimate of drug-likeness (QED) is 0.658. The first-order valence-electron chi connectivity index (χ1n) is 8.91. The molecule has 3 aromatic rings. The first-order chi connectivity index (χ1) is 13.6. The molecule has 146 valence electrons. The summed E-state index contributed by atoms with van der Waals surface area (Å²) < 4.78 is 10.7. The van der Waals surface area contributed by atoms with Crippen molar-refractivity contribution >= 4 is 33.7 Å². The van der Waals surface area contributed by atoms with E-state index >= 15 is 0 Å².